The molecule has 0 aromatic carbocycles. The summed E-state index contributed by atoms with van der Waals surface area (Å²) in [6.45, 7) is 2.90. The van der Waals surface area contributed by atoms with E-state index in [4.69, 9.17) is 20.7 Å². The predicted molar refractivity (Wildman–Crippen MR) is 124 cm³/mol. The average molecular weight is 421 g/mol. The fraction of sp³-hybridized carbons (Fsp3) is 0.565. The lowest BCUT2D eigenvalue weighted by molar-refractivity contribution is 0.410. The molecule has 3 N–H and O–H groups in total. The van der Waals surface area contributed by atoms with Crippen molar-refractivity contribution in [3.8, 4) is 0 Å². The zero-order chi connectivity index (χ0) is 21.2. The van der Waals surface area contributed by atoms with Crippen molar-refractivity contribution >= 4 is 28.6 Å². The molecular weight excluding hydrogens is 388 g/mol. The molecule has 3 heterocycles. The molecule has 0 bridgehead atoms. The van der Waals surface area contributed by atoms with Gasteiger partial charge < -0.3 is 20.5 Å². The summed E-state index contributed by atoms with van der Waals surface area (Å²) >= 11 is 0. The van der Waals surface area contributed by atoms with Crippen LogP contribution >= 0.6 is 0 Å². The molecule has 0 radical (unpaired) electrons. The van der Waals surface area contributed by atoms with Crippen molar-refractivity contribution < 1.29 is 0 Å². The number of imidazole rings is 1. The van der Waals surface area contributed by atoms with Crippen LogP contribution in [0.3, 0.4) is 0 Å². The number of fused-ring (bicyclic) bond motifs is 1. The Hall–Kier alpha value is -2.74. The number of aromatic nitrogens is 5. The fourth-order valence-corrected chi connectivity index (χ4v) is 5.02. The summed E-state index contributed by atoms with van der Waals surface area (Å²) in [6.07, 6.45) is 14.7. The Morgan fingerprint density at radius 1 is 1.13 bits per heavy atom. The molecule has 2 aliphatic rings. The van der Waals surface area contributed by atoms with Crippen LogP contribution in [0.2, 0.25) is 0 Å². The summed E-state index contributed by atoms with van der Waals surface area (Å²) < 4.78 is 2.27. The van der Waals surface area contributed by atoms with Crippen molar-refractivity contribution in [1.82, 2.24) is 24.5 Å². The highest BCUT2D eigenvalue weighted by molar-refractivity contribution is 5.87. The van der Waals surface area contributed by atoms with Crippen LogP contribution in [0.25, 0.3) is 11.2 Å². The molecule has 0 atom stereocenters. The fourth-order valence-electron chi connectivity index (χ4n) is 5.02. The van der Waals surface area contributed by atoms with Gasteiger partial charge >= 0.3 is 0 Å². The van der Waals surface area contributed by atoms with Crippen LogP contribution in [0.5, 0.6) is 0 Å². The minimum absolute atomic E-state index is 0.321. The standard InChI is InChI=1S/C23H32N8/c1-2-30(19-8-5-13-25-14-19)21-20-22(31(15-26-20)18-6-3-4-7-18)29-23(28-21)27-17-11-9-16(24)10-12-17/h5,8,13-18H,2-4,6-7,9-12,24H2,1H3,(H,27,28,29). The Bertz CT molecular complexity index is 1000. The summed E-state index contributed by atoms with van der Waals surface area (Å²) in [5.74, 6) is 1.53. The van der Waals surface area contributed by atoms with Crippen molar-refractivity contribution in [2.75, 3.05) is 16.8 Å². The molecule has 2 fully saturated rings. The van der Waals surface area contributed by atoms with Crippen LogP contribution < -0.4 is 16.0 Å². The minimum atomic E-state index is 0.321. The molecule has 164 valence electrons. The molecule has 0 aliphatic heterocycles. The number of anilines is 3. The monoisotopic (exact) mass is 420 g/mol. The molecule has 8 heteroatoms. The first-order chi connectivity index (χ1) is 15.2. The van der Waals surface area contributed by atoms with E-state index in [2.05, 4.69) is 32.8 Å². The molecule has 3 aromatic heterocycles. The van der Waals surface area contributed by atoms with E-state index in [-0.39, 0.29) is 0 Å². The predicted octanol–water partition coefficient (Wildman–Crippen LogP) is 4.18. The number of rotatable bonds is 6. The molecule has 3 aromatic rings. The van der Waals surface area contributed by atoms with E-state index in [1.807, 2.05) is 18.6 Å². The van der Waals surface area contributed by atoms with Gasteiger partial charge in [-0.15, -0.1) is 0 Å². The molecule has 0 unspecified atom stereocenters. The van der Waals surface area contributed by atoms with Crippen molar-refractivity contribution in [2.45, 2.75) is 76.4 Å². The topological polar surface area (TPSA) is 97.8 Å². The average Bonchev–Trinajstić information content (AvgIpc) is 3.46. The second-order valence-corrected chi connectivity index (χ2v) is 8.84. The van der Waals surface area contributed by atoms with E-state index >= 15 is 0 Å². The minimum Gasteiger partial charge on any atom is -0.351 e. The van der Waals surface area contributed by atoms with Gasteiger partial charge in [0.2, 0.25) is 5.95 Å². The number of hydrogen-bond acceptors (Lipinski definition) is 7. The Balaban J connectivity index is 1.57. The van der Waals surface area contributed by atoms with Gasteiger partial charge in [0, 0.05) is 30.9 Å². The summed E-state index contributed by atoms with van der Waals surface area (Å²) in [5.41, 5.74) is 8.89. The SMILES string of the molecule is CCN(c1cccnc1)c1nc(NC2CCC(N)CC2)nc2c1ncn2C1CCCC1. The van der Waals surface area contributed by atoms with E-state index in [0.717, 1.165) is 54.9 Å². The Kier molecular flexibility index (Phi) is 5.72. The summed E-state index contributed by atoms with van der Waals surface area (Å²) in [5, 5.41) is 3.61. The van der Waals surface area contributed by atoms with E-state index in [1.165, 1.54) is 25.7 Å². The number of nitrogens with one attached hydrogen (secondary N) is 1. The maximum absolute atomic E-state index is 6.10. The number of nitrogens with two attached hydrogens (primary N) is 1. The van der Waals surface area contributed by atoms with Gasteiger partial charge in [0.15, 0.2) is 17.0 Å². The first-order valence-corrected chi connectivity index (χ1v) is 11.7. The van der Waals surface area contributed by atoms with Crippen LogP contribution in [-0.2, 0) is 0 Å². The lowest BCUT2D eigenvalue weighted by Gasteiger charge is -2.28. The highest BCUT2D eigenvalue weighted by Crippen LogP contribution is 2.35. The smallest absolute Gasteiger partial charge is 0.227 e. The van der Waals surface area contributed by atoms with E-state index < -0.39 is 0 Å². The van der Waals surface area contributed by atoms with Crippen molar-refractivity contribution in [1.29, 1.82) is 0 Å². The van der Waals surface area contributed by atoms with Gasteiger partial charge in [-0.25, -0.2) is 4.98 Å². The zero-order valence-corrected chi connectivity index (χ0v) is 18.2. The van der Waals surface area contributed by atoms with Crippen LogP contribution in [0.1, 0.15) is 64.3 Å². The highest BCUT2D eigenvalue weighted by atomic mass is 15.3. The first-order valence-electron chi connectivity index (χ1n) is 11.7. The van der Waals surface area contributed by atoms with Gasteiger partial charge in [0.1, 0.15) is 0 Å². The van der Waals surface area contributed by atoms with Crippen LogP contribution in [0, 0.1) is 0 Å². The summed E-state index contributed by atoms with van der Waals surface area (Å²) in [6, 6.07) is 5.18. The van der Waals surface area contributed by atoms with Crippen molar-refractivity contribution in [3.05, 3.63) is 30.9 Å². The Labute approximate surface area is 183 Å². The molecule has 31 heavy (non-hydrogen) atoms. The molecule has 8 nitrogen and oxygen atoms in total. The summed E-state index contributed by atoms with van der Waals surface area (Å²) in [4.78, 5) is 21.2. The summed E-state index contributed by atoms with van der Waals surface area (Å²) in [7, 11) is 0. The molecule has 5 rings (SSSR count). The molecule has 0 amide bonds. The van der Waals surface area contributed by atoms with Gasteiger partial charge in [-0.1, -0.05) is 12.8 Å². The molecule has 2 aliphatic carbocycles. The van der Waals surface area contributed by atoms with Gasteiger partial charge in [-0.05, 0) is 57.6 Å². The number of nitrogens with zero attached hydrogens (tertiary/aromatic N) is 6. The third-order valence-electron chi connectivity index (χ3n) is 6.76. The van der Waals surface area contributed by atoms with Gasteiger partial charge in [0.25, 0.3) is 0 Å². The Morgan fingerprint density at radius 3 is 2.65 bits per heavy atom. The van der Waals surface area contributed by atoms with Crippen LogP contribution in [0.4, 0.5) is 17.5 Å². The van der Waals surface area contributed by atoms with Gasteiger partial charge in [-0.3, -0.25) is 4.98 Å². The second kappa shape index (κ2) is 8.78. The molecular formula is C23H32N8. The molecule has 2 saturated carbocycles. The maximum Gasteiger partial charge on any atom is 0.227 e. The van der Waals surface area contributed by atoms with Crippen LogP contribution in [0.15, 0.2) is 30.9 Å². The van der Waals surface area contributed by atoms with Crippen molar-refractivity contribution in [3.63, 3.8) is 0 Å². The first kappa shape index (κ1) is 20.2. The Morgan fingerprint density at radius 2 is 1.94 bits per heavy atom. The van der Waals surface area contributed by atoms with E-state index in [0.29, 0.717) is 24.1 Å². The van der Waals surface area contributed by atoms with E-state index in [9.17, 15) is 0 Å². The normalized spacial score (nSPS) is 22.1. The maximum atomic E-state index is 6.10. The molecule has 0 saturated heterocycles. The van der Waals surface area contributed by atoms with E-state index in [1.54, 1.807) is 6.20 Å². The van der Waals surface area contributed by atoms with Crippen molar-refractivity contribution in [2.24, 2.45) is 5.73 Å². The molecule has 0 spiro atoms. The second-order valence-electron chi connectivity index (χ2n) is 8.84. The third kappa shape index (κ3) is 4.08. The van der Waals surface area contributed by atoms with Gasteiger partial charge in [-0.2, -0.15) is 9.97 Å². The highest BCUT2D eigenvalue weighted by Gasteiger charge is 2.25. The van der Waals surface area contributed by atoms with Gasteiger partial charge in [0.05, 0.1) is 18.2 Å². The lowest BCUT2D eigenvalue weighted by Crippen LogP contribution is -2.33. The largest absolute Gasteiger partial charge is 0.351 e. The lowest BCUT2D eigenvalue weighted by atomic mass is 9.92. The zero-order valence-electron chi connectivity index (χ0n) is 18.2. The van der Waals surface area contributed by atoms with Crippen LogP contribution in [-0.4, -0.2) is 43.1 Å². The third-order valence-corrected chi connectivity index (χ3v) is 6.76. The number of hydrogen-bond donors (Lipinski definition) is 2. The quantitative estimate of drug-likeness (QED) is 0.617. The number of pyridine rings is 1.